The number of rotatable bonds is 2. The van der Waals surface area contributed by atoms with E-state index in [1.54, 1.807) is 23.7 Å². The standard InChI is InChI=1S/C11H12N2S/c1-8(12)10-2-3-11(14-10)9-4-6-13-7-5-9/h2-8H,12H2,1H3/t8-/m1/s1. The third kappa shape index (κ3) is 1.84. The number of hydrogen-bond donors (Lipinski definition) is 1. The van der Waals surface area contributed by atoms with Gasteiger partial charge in [0.15, 0.2) is 0 Å². The van der Waals surface area contributed by atoms with Crippen molar-refractivity contribution in [2.75, 3.05) is 0 Å². The zero-order valence-electron chi connectivity index (χ0n) is 7.97. The van der Waals surface area contributed by atoms with Crippen LogP contribution in [0.25, 0.3) is 10.4 Å². The lowest BCUT2D eigenvalue weighted by atomic mass is 10.2. The zero-order chi connectivity index (χ0) is 9.97. The molecule has 2 rings (SSSR count). The first kappa shape index (κ1) is 9.37. The molecule has 0 radical (unpaired) electrons. The van der Waals surface area contributed by atoms with Crippen molar-refractivity contribution in [2.24, 2.45) is 5.73 Å². The van der Waals surface area contributed by atoms with Crippen molar-refractivity contribution in [3.8, 4) is 10.4 Å². The average molecular weight is 204 g/mol. The van der Waals surface area contributed by atoms with E-state index in [-0.39, 0.29) is 6.04 Å². The summed E-state index contributed by atoms with van der Waals surface area (Å²) in [6.07, 6.45) is 3.61. The Morgan fingerprint density at radius 1 is 1.21 bits per heavy atom. The number of nitrogens with two attached hydrogens (primary N) is 1. The van der Waals surface area contributed by atoms with Crippen LogP contribution in [0.15, 0.2) is 36.7 Å². The number of hydrogen-bond acceptors (Lipinski definition) is 3. The molecule has 1 atom stereocenters. The summed E-state index contributed by atoms with van der Waals surface area (Å²) in [6, 6.07) is 8.34. The molecule has 72 valence electrons. The van der Waals surface area contributed by atoms with E-state index in [9.17, 15) is 0 Å². The molecule has 0 saturated carbocycles. The first-order valence-electron chi connectivity index (χ1n) is 4.53. The zero-order valence-corrected chi connectivity index (χ0v) is 8.79. The quantitative estimate of drug-likeness (QED) is 0.817. The molecular formula is C11H12N2S. The Balaban J connectivity index is 2.34. The third-order valence-electron chi connectivity index (χ3n) is 2.04. The minimum atomic E-state index is 0.121. The van der Waals surface area contributed by atoms with Crippen LogP contribution < -0.4 is 5.73 Å². The van der Waals surface area contributed by atoms with E-state index in [0.717, 1.165) is 0 Å². The molecule has 0 amide bonds. The summed E-state index contributed by atoms with van der Waals surface area (Å²) in [4.78, 5) is 6.46. The van der Waals surface area contributed by atoms with Crippen molar-refractivity contribution in [1.29, 1.82) is 0 Å². The summed E-state index contributed by atoms with van der Waals surface area (Å²) in [5, 5.41) is 0. The van der Waals surface area contributed by atoms with Crippen LogP contribution >= 0.6 is 11.3 Å². The fraction of sp³-hybridized carbons (Fsp3) is 0.182. The maximum absolute atomic E-state index is 5.80. The molecule has 0 spiro atoms. The second-order valence-electron chi connectivity index (χ2n) is 3.23. The molecule has 2 N–H and O–H groups in total. The molecule has 14 heavy (non-hydrogen) atoms. The van der Waals surface area contributed by atoms with Crippen LogP contribution in [0.5, 0.6) is 0 Å². The molecule has 2 aromatic rings. The van der Waals surface area contributed by atoms with Crippen molar-refractivity contribution in [3.05, 3.63) is 41.5 Å². The molecule has 0 aliphatic carbocycles. The van der Waals surface area contributed by atoms with Gasteiger partial charge >= 0.3 is 0 Å². The van der Waals surface area contributed by atoms with Crippen molar-refractivity contribution in [3.63, 3.8) is 0 Å². The second kappa shape index (κ2) is 3.90. The van der Waals surface area contributed by atoms with Crippen molar-refractivity contribution < 1.29 is 0 Å². The highest BCUT2D eigenvalue weighted by Crippen LogP contribution is 2.29. The highest BCUT2D eigenvalue weighted by Gasteiger charge is 2.05. The maximum Gasteiger partial charge on any atom is 0.0361 e. The van der Waals surface area contributed by atoms with Gasteiger partial charge < -0.3 is 5.73 Å². The average Bonchev–Trinajstić information content (AvgIpc) is 2.68. The highest BCUT2D eigenvalue weighted by atomic mass is 32.1. The molecule has 0 bridgehead atoms. The summed E-state index contributed by atoms with van der Waals surface area (Å²) in [7, 11) is 0. The van der Waals surface area contributed by atoms with Gasteiger partial charge in [-0.15, -0.1) is 11.3 Å². The van der Waals surface area contributed by atoms with Crippen LogP contribution in [0.2, 0.25) is 0 Å². The van der Waals surface area contributed by atoms with Gasteiger partial charge in [0.1, 0.15) is 0 Å². The smallest absolute Gasteiger partial charge is 0.0361 e. The summed E-state index contributed by atoms with van der Waals surface area (Å²) >= 11 is 1.74. The lowest BCUT2D eigenvalue weighted by molar-refractivity contribution is 0.838. The first-order chi connectivity index (χ1) is 6.77. The van der Waals surface area contributed by atoms with Crippen LogP contribution in [-0.2, 0) is 0 Å². The lowest BCUT2D eigenvalue weighted by Crippen LogP contribution is -2.01. The minimum Gasteiger partial charge on any atom is -0.324 e. The predicted octanol–water partition coefficient (Wildman–Crippen LogP) is 2.83. The van der Waals surface area contributed by atoms with Gasteiger partial charge in [0.25, 0.3) is 0 Å². The predicted molar refractivity (Wildman–Crippen MR) is 60.2 cm³/mol. The van der Waals surface area contributed by atoms with E-state index in [2.05, 4.69) is 17.1 Å². The maximum atomic E-state index is 5.80. The van der Waals surface area contributed by atoms with E-state index in [4.69, 9.17) is 5.73 Å². The van der Waals surface area contributed by atoms with Gasteiger partial charge in [-0.3, -0.25) is 4.98 Å². The largest absolute Gasteiger partial charge is 0.324 e. The minimum absolute atomic E-state index is 0.121. The second-order valence-corrected chi connectivity index (χ2v) is 4.34. The van der Waals surface area contributed by atoms with Crippen molar-refractivity contribution in [2.45, 2.75) is 13.0 Å². The topological polar surface area (TPSA) is 38.9 Å². The molecule has 0 aliphatic rings. The van der Waals surface area contributed by atoms with Crippen LogP contribution in [-0.4, -0.2) is 4.98 Å². The van der Waals surface area contributed by atoms with Crippen LogP contribution in [0.4, 0.5) is 0 Å². The van der Waals surface area contributed by atoms with Gasteiger partial charge in [-0.1, -0.05) is 0 Å². The number of pyridine rings is 1. The molecule has 0 unspecified atom stereocenters. The Labute approximate surface area is 87.4 Å². The number of thiophene rings is 1. The molecule has 2 aromatic heterocycles. The van der Waals surface area contributed by atoms with E-state index in [1.165, 1.54) is 15.3 Å². The van der Waals surface area contributed by atoms with Gasteiger partial charge in [-0.05, 0) is 36.8 Å². The van der Waals surface area contributed by atoms with Gasteiger partial charge in [0.2, 0.25) is 0 Å². The Hall–Kier alpha value is -1.19. The van der Waals surface area contributed by atoms with Crippen LogP contribution in [0.1, 0.15) is 17.8 Å². The van der Waals surface area contributed by atoms with Crippen LogP contribution in [0.3, 0.4) is 0 Å². The fourth-order valence-electron chi connectivity index (χ4n) is 1.27. The van der Waals surface area contributed by atoms with Gasteiger partial charge in [0.05, 0.1) is 0 Å². The summed E-state index contributed by atoms with van der Waals surface area (Å²) in [5.74, 6) is 0. The van der Waals surface area contributed by atoms with Crippen LogP contribution in [0, 0.1) is 0 Å². The van der Waals surface area contributed by atoms with Gasteiger partial charge in [0, 0.05) is 28.2 Å². The molecule has 0 aromatic carbocycles. The summed E-state index contributed by atoms with van der Waals surface area (Å²) in [5.41, 5.74) is 7.01. The Morgan fingerprint density at radius 3 is 2.50 bits per heavy atom. The first-order valence-corrected chi connectivity index (χ1v) is 5.35. The molecule has 0 aliphatic heterocycles. The van der Waals surface area contributed by atoms with E-state index in [0.29, 0.717) is 0 Å². The van der Waals surface area contributed by atoms with Gasteiger partial charge in [-0.25, -0.2) is 0 Å². The van der Waals surface area contributed by atoms with E-state index >= 15 is 0 Å². The fourth-order valence-corrected chi connectivity index (χ4v) is 2.23. The van der Waals surface area contributed by atoms with E-state index < -0.39 is 0 Å². The van der Waals surface area contributed by atoms with Gasteiger partial charge in [-0.2, -0.15) is 0 Å². The normalized spacial score (nSPS) is 12.7. The Kier molecular flexibility index (Phi) is 2.61. The van der Waals surface area contributed by atoms with Crippen molar-refractivity contribution >= 4 is 11.3 Å². The lowest BCUT2D eigenvalue weighted by Gasteiger charge is -1.98. The Morgan fingerprint density at radius 2 is 1.93 bits per heavy atom. The molecule has 2 nitrogen and oxygen atoms in total. The summed E-state index contributed by atoms with van der Waals surface area (Å²) in [6.45, 7) is 2.00. The number of nitrogens with zero attached hydrogens (tertiary/aromatic N) is 1. The highest BCUT2D eigenvalue weighted by molar-refractivity contribution is 7.15. The SMILES string of the molecule is C[C@@H](N)c1ccc(-c2ccncc2)s1. The molecule has 3 heteroatoms. The molecule has 0 saturated heterocycles. The van der Waals surface area contributed by atoms with Crippen molar-refractivity contribution in [1.82, 2.24) is 4.98 Å². The summed E-state index contributed by atoms with van der Waals surface area (Å²) < 4.78 is 0. The van der Waals surface area contributed by atoms with E-state index in [1.807, 2.05) is 19.1 Å². The molecule has 2 heterocycles. The Bertz CT molecular complexity index is 406. The monoisotopic (exact) mass is 204 g/mol. The number of aromatic nitrogens is 1. The molecule has 0 fully saturated rings. The third-order valence-corrected chi connectivity index (χ3v) is 3.38. The molecular weight excluding hydrogens is 192 g/mol.